The standard InChI is InChI=1S/C23H24F2O2S/c1-3-23(2,21-13-18(15-28-21)22(24)25)16-26-14-17-8-7-11-20(12-17)27-19-9-5-4-6-10-19/h4-13,15,22H,3,14,16H2,1-2H3. The molecule has 0 aliphatic rings. The zero-order valence-electron chi connectivity index (χ0n) is 16.0. The SMILES string of the molecule is CCC(C)(COCc1cccc(Oc2ccccc2)c1)c1cc(C(F)F)cs1. The van der Waals surface area contributed by atoms with Gasteiger partial charge in [-0.1, -0.05) is 44.2 Å². The highest BCUT2D eigenvalue weighted by Crippen LogP contribution is 2.36. The summed E-state index contributed by atoms with van der Waals surface area (Å²) in [6.45, 7) is 5.02. The highest BCUT2D eigenvalue weighted by atomic mass is 32.1. The number of thiophene rings is 1. The molecule has 3 rings (SSSR count). The van der Waals surface area contributed by atoms with Crippen molar-refractivity contribution in [3.8, 4) is 11.5 Å². The molecule has 0 bridgehead atoms. The Bertz CT molecular complexity index is 879. The van der Waals surface area contributed by atoms with Gasteiger partial charge >= 0.3 is 0 Å². The molecule has 1 unspecified atom stereocenters. The van der Waals surface area contributed by atoms with Crippen LogP contribution in [0.25, 0.3) is 0 Å². The average molecular weight is 403 g/mol. The minimum atomic E-state index is -2.43. The molecular weight excluding hydrogens is 378 g/mol. The van der Waals surface area contributed by atoms with Crippen molar-refractivity contribution in [2.75, 3.05) is 6.61 Å². The van der Waals surface area contributed by atoms with Crippen molar-refractivity contribution < 1.29 is 18.3 Å². The number of alkyl halides is 2. The lowest BCUT2D eigenvalue weighted by molar-refractivity contribution is 0.0758. The second-order valence-corrected chi connectivity index (χ2v) is 7.93. The Morgan fingerprint density at radius 1 is 1.00 bits per heavy atom. The Kier molecular flexibility index (Phi) is 6.81. The van der Waals surface area contributed by atoms with Gasteiger partial charge < -0.3 is 9.47 Å². The highest BCUT2D eigenvalue weighted by molar-refractivity contribution is 7.10. The van der Waals surface area contributed by atoms with E-state index in [0.29, 0.717) is 13.2 Å². The van der Waals surface area contributed by atoms with Crippen LogP contribution in [-0.2, 0) is 16.8 Å². The molecule has 0 fully saturated rings. The molecule has 0 N–H and O–H groups in total. The summed E-state index contributed by atoms with van der Waals surface area (Å²) in [5.41, 5.74) is 0.812. The Morgan fingerprint density at radius 2 is 1.75 bits per heavy atom. The Labute approximate surface area is 168 Å². The van der Waals surface area contributed by atoms with E-state index in [2.05, 4.69) is 13.8 Å². The smallest absolute Gasteiger partial charge is 0.264 e. The number of ether oxygens (including phenoxy) is 2. The minimum absolute atomic E-state index is 0.0884. The van der Waals surface area contributed by atoms with Gasteiger partial charge in [-0.2, -0.15) is 0 Å². The second-order valence-electron chi connectivity index (χ2n) is 7.01. The lowest BCUT2D eigenvalue weighted by Gasteiger charge is -2.27. The van der Waals surface area contributed by atoms with Gasteiger partial charge in [0.05, 0.1) is 13.2 Å². The first-order chi connectivity index (χ1) is 13.5. The van der Waals surface area contributed by atoms with Crippen molar-refractivity contribution >= 4 is 11.3 Å². The first-order valence-electron chi connectivity index (χ1n) is 9.27. The third-order valence-corrected chi connectivity index (χ3v) is 6.07. The third-order valence-electron chi connectivity index (χ3n) is 4.81. The monoisotopic (exact) mass is 402 g/mol. The van der Waals surface area contributed by atoms with Crippen LogP contribution in [0, 0.1) is 0 Å². The van der Waals surface area contributed by atoms with Crippen LogP contribution >= 0.6 is 11.3 Å². The van der Waals surface area contributed by atoms with E-state index >= 15 is 0 Å². The Hall–Kier alpha value is -2.24. The molecule has 0 saturated carbocycles. The van der Waals surface area contributed by atoms with Crippen molar-refractivity contribution in [2.24, 2.45) is 0 Å². The van der Waals surface area contributed by atoms with Crippen LogP contribution in [0.2, 0.25) is 0 Å². The summed E-state index contributed by atoms with van der Waals surface area (Å²) in [4.78, 5) is 0.937. The molecule has 2 nitrogen and oxygen atoms in total. The molecule has 28 heavy (non-hydrogen) atoms. The second kappa shape index (κ2) is 9.30. The zero-order chi connectivity index (χ0) is 20.0. The van der Waals surface area contributed by atoms with E-state index in [1.807, 2.05) is 54.6 Å². The van der Waals surface area contributed by atoms with Crippen LogP contribution < -0.4 is 4.74 Å². The summed E-state index contributed by atoms with van der Waals surface area (Å²) < 4.78 is 37.6. The van der Waals surface area contributed by atoms with Gasteiger partial charge in [-0.25, -0.2) is 8.78 Å². The summed E-state index contributed by atoms with van der Waals surface area (Å²) in [6, 6.07) is 19.0. The molecule has 1 heterocycles. The summed E-state index contributed by atoms with van der Waals surface area (Å²) in [7, 11) is 0. The van der Waals surface area contributed by atoms with E-state index in [-0.39, 0.29) is 11.0 Å². The quantitative estimate of drug-likeness (QED) is 0.372. The molecular formula is C23H24F2O2S. The maximum absolute atomic E-state index is 12.9. The molecule has 2 aromatic carbocycles. The van der Waals surface area contributed by atoms with E-state index in [0.717, 1.165) is 28.4 Å². The van der Waals surface area contributed by atoms with Crippen molar-refractivity contribution in [1.29, 1.82) is 0 Å². The number of rotatable bonds is 9. The van der Waals surface area contributed by atoms with Gasteiger partial charge in [0.25, 0.3) is 6.43 Å². The molecule has 3 aromatic rings. The van der Waals surface area contributed by atoms with Crippen LogP contribution in [0.5, 0.6) is 11.5 Å². The largest absolute Gasteiger partial charge is 0.457 e. The van der Waals surface area contributed by atoms with Gasteiger partial charge in [0.15, 0.2) is 0 Å². The highest BCUT2D eigenvalue weighted by Gasteiger charge is 2.28. The van der Waals surface area contributed by atoms with Gasteiger partial charge in [0.1, 0.15) is 11.5 Å². The predicted octanol–water partition coefficient (Wildman–Crippen LogP) is 7.36. The summed E-state index contributed by atoms with van der Waals surface area (Å²) in [6.07, 6.45) is -1.62. The van der Waals surface area contributed by atoms with Gasteiger partial charge in [-0.05, 0) is 47.7 Å². The fourth-order valence-corrected chi connectivity index (χ4v) is 3.97. The molecule has 1 atom stereocenters. The topological polar surface area (TPSA) is 18.5 Å². The molecule has 148 valence electrons. The first-order valence-corrected chi connectivity index (χ1v) is 10.1. The molecule has 5 heteroatoms. The van der Waals surface area contributed by atoms with Crippen molar-refractivity contribution in [3.05, 3.63) is 82.0 Å². The van der Waals surface area contributed by atoms with Crippen LogP contribution in [0.4, 0.5) is 8.78 Å². The normalized spacial score (nSPS) is 13.5. The van der Waals surface area contributed by atoms with Gasteiger partial charge in [0.2, 0.25) is 0 Å². The van der Waals surface area contributed by atoms with E-state index in [9.17, 15) is 8.78 Å². The summed E-state index contributed by atoms with van der Waals surface area (Å²) in [5, 5.41) is 1.54. The Balaban J connectivity index is 1.60. The molecule has 0 amide bonds. The molecule has 0 aliphatic carbocycles. The first kappa shape index (κ1) is 20.5. The van der Waals surface area contributed by atoms with Crippen LogP contribution in [0.3, 0.4) is 0 Å². The van der Waals surface area contributed by atoms with Gasteiger partial charge in [-0.15, -0.1) is 11.3 Å². The van der Waals surface area contributed by atoms with E-state index < -0.39 is 6.43 Å². The maximum Gasteiger partial charge on any atom is 0.264 e. The molecule has 0 spiro atoms. The van der Waals surface area contributed by atoms with Crippen LogP contribution in [0.15, 0.2) is 66.0 Å². The molecule has 0 radical (unpaired) electrons. The zero-order valence-corrected chi connectivity index (χ0v) is 16.8. The maximum atomic E-state index is 12.9. The lowest BCUT2D eigenvalue weighted by atomic mass is 9.86. The van der Waals surface area contributed by atoms with E-state index in [1.165, 1.54) is 16.7 Å². The molecule has 1 aromatic heterocycles. The average Bonchev–Trinajstić information content (AvgIpc) is 3.20. The van der Waals surface area contributed by atoms with Gasteiger partial charge in [-0.3, -0.25) is 0 Å². The van der Waals surface area contributed by atoms with Crippen LogP contribution in [0.1, 0.15) is 42.7 Å². The lowest BCUT2D eigenvalue weighted by Crippen LogP contribution is -2.26. The molecule has 0 saturated heterocycles. The summed E-state index contributed by atoms with van der Waals surface area (Å²) in [5.74, 6) is 1.54. The third kappa shape index (κ3) is 5.18. The number of benzene rings is 2. The molecule has 0 aliphatic heterocycles. The van der Waals surface area contributed by atoms with Crippen molar-refractivity contribution in [2.45, 2.75) is 38.7 Å². The summed E-state index contributed by atoms with van der Waals surface area (Å²) >= 11 is 1.38. The number of hydrogen-bond donors (Lipinski definition) is 0. The Morgan fingerprint density at radius 3 is 2.43 bits per heavy atom. The predicted molar refractivity (Wildman–Crippen MR) is 110 cm³/mol. The van der Waals surface area contributed by atoms with E-state index in [1.54, 1.807) is 6.07 Å². The van der Waals surface area contributed by atoms with Crippen molar-refractivity contribution in [1.82, 2.24) is 0 Å². The fourth-order valence-electron chi connectivity index (χ4n) is 2.85. The minimum Gasteiger partial charge on any atom is -0.457 e. The van der Waals surface area contributed by atoms with Gasteiger partial charge in [0, 0.05) is 15.9 Å². The number of para-hydroxylation sites is 1. The van der Waals surface area contributed by atoms with Crippen molar-refractivity contribution in [3.63, 3.8) is 0 Å². The van der Waals surface area contributed by atoms with Crippen LogP contribution in [-0.4, -0.2) is 6.61 Å². The van der Waals surface area contributed by atoms with E-state index in [4.69, 9.17) is 9.47 Å². The number of halogens is 2. The fraction of sp³-hybridized carbons (Fsp3) is 0.304. The number of hydrogen-bond acceptors (Lipinski definition) is 3.